The van der Waals surface area contributed by atoms with Crippen molar-refractivity contribution in [2.75, 3.05) is 7.05 Å². The molecule has 1 aromatic heterocycles. The van der Waals surface area contributed by atoms with Crippen LogP contribution in [0.15, 0.2) is 41.3 Å². The Kier molecular flexibility index (Phi) is 6.07. The quantitative estimate of drug-likeness (QED) is 0.574. The Morgan fingerprint density at radius 2 is 1.81 bits per heavy atom. The molecule has 9 nitrogen and oxygen atoms in total. The molecule has 1 heterocycles. The van der Waals surface area contributed by atoms with Gasteiger partial charge in [0.05, 0.1) is 11.1 Å². The Labute approximate surface area is 155 Å². The minimum atomic E-state index is -1.09. The van der Waals surface area contributed by atoms with Gasteiger partial charge in [-0.2, -0.15) is 0 Å². The Balaban J connectivity index is 2.21. The zero-order chi connectivity index (χ0) is 20.1. The molecule has 0 aliphatic rings. The van der Waals surface area contributed by atoms with E-state index in [1.54, 1.807) is 7.05 Å². The highest BCUT2D eigenvalue weighted by atomic mass is 16.6. The van der Waals surface area contributed by atoms with Crippen LogP contribution in [-0.4, -0.2) is 33.3 Å². The fourth-order valence-electron chi connectivity index (χ4n) is 2.52. The minimum absolute atomic E-state index is 0.315. The lowest BCUT2D eigenvalue weighted by Gasteiger charge is -2.18. The van der Waals surface area contributed by atoms with Crippen molar-refractivity contribution in [1.82, 2.24) is 9.47 Å². The predicted octanol–water partition coefficient (Wildman–Crippen LogP) is 1.08. The molecule has 0 radical (unpaired) electrons. The third-order valence-corrected chi connectivity index (χ3v) is 4.13. The molecule has 2 N–H and O–H groups in total. The molecular weight excluding hydrogens is 352 g/mol. The molecule has 0 unspecified atom stereocenters. The average molecular weight is 372 g/mol. The van der Waals surface area contributed by atoms with Gasteiger partial charge in [-0.1, -0.05) is 31.2 Å². The summed E-state index contributed by atoms with van der Waals surface area (Å²) < 4.78 is 0.831. The van der Waals surface area contributed by atoms with Gasteiger partial charge in [-0.15, -0.1) is 0 Å². The molecule has 0 atom stereocenters. The summed E-state index contributed by atoms with van der Waals surface area (Å²) in [6.07, 6.45) is 1.84. The summed E-state index contributed by atoms with van der Waals surface area (Å²) in [5.74, 6) is -1.53. The van der Waals surface area contributed by atoms with Gasteiger partial charge in [0.25, 0.3) is 17.2 Å². The minimum Gasteiger partial charge on any atom is -0.365 e. The fraction of sp³-hybridized carbons (Fsp3) is 0.278. The van der Waals surface area contributed by atoms with Crippen LogP contribution < -0.4 is 11.3 Å². The lowest BCUT2D eigenvalue weighted by atomic mass is 10.1. The van der Waals surface area contributed by atoms with E-state index in [-0.39, 0.29) is 0 Å². The average Bonchev–Trinajstić information content (AvgIpc) is 2.63. The van der Waals surface area contributed by atoms with Crippen molar-refractivity contribution in [2.45, 2.75) is 26.4 Å². The van der Waals surface area contributed by atoms with Crippen LogP contribution in [0.25, 0.3) is 0 Å². The van der Waals surface area contributed by atoms with Crippen molar-refractivity contribution in [1.29, 1.82) is 0 Å². The molecule has 0 saturated heterocycles. The second kappa shape index (κ2) is 8.26. The van der Waals surface area contributed by atoms with Crippen LogP contribution in [0.4, 0.5) is 5.69 Å². The number of aromatic nitrogens is 1. The van der Waals surface area contributed by atoms with E-state index in [0.717, 1.165) is 28.8 Å². The number of nitrogens with zero attached hydrogens (tertiary/aromatic N) is 3. The van der Waals surface area contributed by atoms with Gasteiger partial charge in [0.15, 0.2) is 0 Å². The Bertz CT molecular complexity index is 934. The molecule has 9 heteroatoms. The second-order valence-electron chi connectivity index (χ2n) is 6.09. The predicted molar refractivity (Wildman–Crippen MR) is 98.2 cm³/mol. The number of likely N-dealkylation sites (N-methyl/N-ethyl adjacent to an activating group) is 1. The number of aryl methyl sites for hydroxylation is 1. The molecule has 27 heavy (non-hydrogen) atoms. The molecule has 142 valence electrons. The van der Waals surface area contributed by atoms with Gasteiger partial charge in [0.2, 0.25) is 5.91 Å². The summed E-state index contributed by atoms with van der Waals surface area (Å²) in [4.78, 5) is 47.7. The number of carbonyl (C=O) groups is 2. The summed E-state index contributed by atoms with van der Waals surface area (Å²) in [6.45, 7) is 1.92. The van der Waals surface area contributed by atoms with Gasteiger partial charge in [-0.3, -0.25) is 29.1 Å². The highest BCUT2D eigenvalue weighted by Crippen LogP contribution is 2.11. The molecule has 0 aliphatic heterocycles. The van der Waals surface area contributed by atoms with Gasteiger partial charge in [0.1, 0.15) is 12.1 Å². The van der Waals surface area contributed by atoms with Gasteiger partial charge in [-0.05, 0) is 17.5 Å². The summed E-state index contributed by atoms with van der Waals surface area (Å²) in [7, 11) is 1.56. The topological polar surface area (TPSA) is 129 Å². The van der Waals surface area contributed by atoms with Crippen molar-refractivity contribution in [3.63, 3.8) is 0 Å². The van der Waals surface area contributed by atoms with Gasteiger partial charge >= 0.3 is 0 Å². The molecule has 0 fully saturated rings. The maximum absolute atomic E-state index is 12.4. The first-order valence-corrected chi connectivity index (χ1v) is 8.23. The summed E-state index contributed by atoms with van der Waals surface area (Å²) in [6, 6.07) is 8.57. The summed E-state index contributed by atoms with van der Waals surface area (Å²) in [5.41, 5.74) is 5.31. The van der Waals surface area contributed by atoms with Crippen LogP contribution in [-0.2, 0) is 24.3 Å². The molecule has 0 saturated carbocycles. The number of rotatable bonds is 7. The number of primary amides is 1. The van der Waals surface area contributed by atoms with Crippen molar-refractivity contribution in [3.05, 3.63) is 73.7 Å². The molecule has 2 rings (SSSR count). The maximum Gasteiger partial charge on any atom is 0.286 e. The van der Waals surface area contributed by atoms with E-state index in [1.807, 2.05) is 31.2 Å². The van der Waals surface area contributed by atoms with Crippen LogP contribution in [0.3, 0.4) is 0 Å². The van der Waals surface area contributed by atoms with E-state index in [1.165, 1.54) is 10.5 Å². The smallest absolute Gasteiger partial charge is 0.286 e. The number of hydrogen-bond donors (Lipinski definition) is 1. The van der Waals surface area contributed by atoms with Crippen LogP contribution in [0.2, 0.25) is 0 Å². The van der Waals surface area contributed by atoms with E-state index < -0.39 is 40.1 Å². The maximum atomic E-state index is 12.4. The standard InChI is InChI=1S/C18H20N4O5/c1-3-12-4-6-13(7-5-12)9-20(2)16(23)11-21-10-14(22(26)27)8-15(17(19)24)18(21)25/h4-8,10H,3,9,11H2,1-2H3,(H2,19,24). The zero-order valence-corrected chi connectivity index (χ0v) is 15.0. The van der Waals surface area contributed by atoms with Crippen molar-refractivity contribution < 1.29 is 14.5 Å². The molecule has 2 amide bonds. The Hall–Kier alpha value is -3.49. The third kappa shape index (κ3) is 4.78. The van der Waals surface area contributed by atoms with Crippen molar-refractivity contribution in [3.8, 4) is 0 Å². The van der Waals surface area contributed by atoms with Gasteiger partial charge in [-0.25, -0.2) is 0 Å². The first-order valence-electron chi connectivity index (χ1n) is 8.23. The number of amides is 2. The highest BCUT2D eigenvalue weighted by molar-refractivity contribution is 5.93. The number of pyridine rings is 1. The molecule has 0 aliphatic carbocycles. The molecular formula is C18H20N4O5. The van der Waals surface area contributed by atoms with Crippen LogP contribution in [0, 0.1) is 10.1 Å². The van der Waals surface area contributed by atoms with E-state index in [9.17, 15) is 24.5 Å². The number of carbonyl (C=O) groups excluding carboxylic acids is 2. The largest absolute Gasteiger partial charge is 0.365 e. The lowest BCUT2D eigenvalue weighted by molar-refractivity contribution is -0.385. The highest BCUT2D eigenvalue weighted by Gasteiger charge is 2.19. The normalized spacial score (nSPS) is 10.4. The first-order chi connectivity index (χ1) is 12.7. The molecule has 0 bridgehead atoms. The van der Waals surface area contributed by atoms with E-state index in [2.05, 4.69) is 0 Å². The Morgan fingerprint density at radius 3 is 2.33 bits per heavy atom. The number of nitro groups is 1. The van der Waals surface area contributed by atoms with Crippen molar-refractivity contribution >= 4 is 17.5 Å². The molecule has 0 spiro atoms. The van der Waals surface area contributed by atoms with E-state index in [4.69, 9.17) is 5.73 Å². The monoisotopic (exact) mass is 372 g/mol. The van der Waals surface area contributed by atoms with Gasteiger partial charge < -0.3 is 10.6 Å². The van der Waals surface area contributed by atoms with Gasteiger partial charge in [0, 0.05) is 19.7 Å². The first kappa shape index (κ1) is 19.8. The number of nitrogens with two attached hydrogens (primary N) is 1. The zero-order valence-electron chi connectivity index (χ0n) is 15.0. The van der Waals surface area contributed by atoms with Crippen LogP contribution in [0.1, 0.15) is 28.4 Å². The lowest BCUT2D eigenvalue weighted by Crippen LogP contribution is -2.36. The number of benzene rings is 1. The Morgan fingerprint density at radius 1 is 1.22 bits per heavy atom. The number of hydrogen-bond acceptors (Lipinski definition) is 5. The molecule has 2 aromatic rings. The third-order valence-electron chi connectivity index (χ3n) is 4.13. The van der Waals surface area contributed by atoms with E-state index >= 15 is 0 Å². The van der Waals surface area contributed by atoms with Crippen molar-refractivity contribution in [2.24, 2.45) is 5.73 Å². The SMILES string of the molecule is CCc1ccc(CN(C)C(=O)Cn2cc([N+](=O)[O-])cc(C(N)=O)c2=O)cc1. The fourth-order valence-corrected chi connectivity index (χ4v) is 2.52. The summed E-state index contributed by atoms with van der Waals surface area (Å²) in [5, 5.41) is 11.0. The summed E-state index contributed by atoms with van der Waals surface area (Å²) >= 11 is 0. The molecule has 1 aromatic carbocycles. The second-order valence-corrected chi connectivity index (χ2v) is 6.09. The van der Waals surface area contributed by atoms with E-state index in [0.29, 0.717) is 6.54 Å². The van der Waals surface area contributed by atoms with Crippen LogP contribution >= 0.6 is 0 Å². The van der Waals surface area contributed by atoms with Crippen LogP contribution in [0.5, 0.6) is 0 Å².